The van der Waals surface area contributed by atoms with Crippen LogP contribution in [0.2, 0.25) is 0 Å². The van der Waals surface area contributed by atoms with Gasteiger partial charge in [-0.25, -0.2) is 0 Å². The minimum Gasteiger partial charge on any atom is -0.434 e. The van der Waals surface area contributed by atoms with Crippen LogP contribution in [-0.2, 0) is 6.54 Å². The Bertz CT molecular complexity index is 487. The van der Waals surface area contributed by atoms with Crippen LogP contribution in [0.25, 0.3) is 0 Å². The molecule has 0 heterocycles. The third-order valence-electron chi connectivity index (χ3n) is 4.37. The summed E-state index contributed by atoms with van der Waals surface area (Å²) < 4.78 is 30.2. The van der Waals surface area contributed by atoms with E-state index in [1.807, 2.05) is 6.07 Å². The molecule has 5 heteroatoms. The van der Waals surface area contributed by atoms with Crippen molar-refractivity contribution in [2.24, 2.45) is 11.3 Å². The second kappa shape index (κ2) is 5.60. The molecular weight excluding hydrogens is 328 g/mol. The smallest absolute Gasteiger partial charge is 0.387 e. The van der Waals surface area contributed by atoms with Crippen molar-refractivity contribution < 1.29 is 13.5 Å². The predicted molar refractivity (Wildman–Crippen MR) is 76.9 cm³/mol. The molecule has 2 nitrogen and oxygen atoms in total. The molecule has 2 aliphatic rings. The van der Waals surface area contributed by atoms with Gasteiger partial charge in [0.2, 0.25) is 0 Å². The van der Waals surface area contributed by atoms with Crippen molar-refractivity contribution in [3.8, 4) is 5.75 Å². The second-order valence-electron chi connectivity index (χ2n) is 5.87. The van der Waals surface area contributed by atoms with E-state index in [1.54, 1.807) is 12.1 Å². The van der Waals surface area contributed by atoms with Crippen LogP contribution in [0.15, 0.2) is 22.7 Å². The van der Waals surface area contributed by atoms with E-state index in [0.717, 1.165) is 22.5 Å². The van der Waals surface area contributed by atoms with Crippen LogP contribution in [0.1, 0.15) is 31.2 Å². The third-order valence-corrected chi connectivity index (χ3v) is 4.86. The molecule has 0 spiro atoms. The lowest BCUT2D eigenvalue weighted by Crippen LogP contribution is -2.25. The molecule has 0 bridgehead atoms. The summed E-state index contributed by atoms with van der Waals surface area (Å²) in [6.07, 6.45) is 5.34. The fourth-order valence-corrected chi connectivity index (χ4v) is 3.34. The molecule has 1 N–H and O–H groups in total. The van der Waals surface area contributed by atoms with Crippen LogP contribution in [0.5, 0.6) is 5.75 Å². The summed E-state index contributed by atoms with van der Waals surface area (Å²) in [5.74, 6) is 1.15. The zero-order chi connectivity index (χ0) is 14.2. The average molecular weight is 346 g/mol. The number of halogens is 3. The molecule has 0 aliphatic heterocycles. The van der Waals surface area contributed by atoms with Gasteiger partial charge in [0.25, 0.3) is 0 Å². The number of benzene rings is 1. The van der Waals surface area contributed by atoms with Crippen molar-refractivity contribution in [2.45, 2.75) is 38.8 Å². The average Bonchev–Trinajstić information content (AvgIpc) is 3.25. The molecule has 0 saturated heterocycles. The number of nitrogens with one attached hydrogen (secondary N) is 1. The minimum atomic E-state index is -2.78. The number of alkyl halides is 2. The fraction of sp³-hybridized carbons (Fsp3) is 0.600. The summed E-state index contributed by atoms with van der Waals surface area (Å²) in [7, 11) is 0. The van der Waals surface area contributed by atoms with Crippen molar-refractivity contribution >= 4 is 15.9 Å². The molecule has 0 amide bonds. The molecule has 1 aromatic carbocycles. The van der Waals surface area contributed by atoms with Gasteiger partial charge in [0.05, 0.1) is 0 Å². The minimum absolute atomic E-state index is 0.256. The highest BCUT2D eigenvalue weighted by molar-refractivity contribution is 9.10. The lowest BCUT2D eigenvalue weighted by molar-refractivity contribution is -0.0505. The molecule has 2 saturated carbocycles. The van der Waals surface area contributed by atoms with E-state index < -0.39 is 6.61 Å². The predicted octanol–water partition coefficient (Wildman–Crippen LogP) is 4.33. The van der Waals surface area contributed by atoms with E-state index in [0.29, 0.717) is 12.0 Å². The van der Waals surface area contributed by atoms with Gasteiger partial charge >= 0.3 is 6.61 Å². The van der Waals surface area contributed by atoms with Crippen molar-refractivity contribution in [2.75, 3.05) is 6.54 Å². The zero-order valence-electron chi connectivity index (χ0n) is 11.2. The molecular formula is C15H18BrF2NO. The topological polar surface area (TPSA) is 21.3 Å². The van der Waals surface area contributed by atoms with E-state index in [2.05, 4.69) is 26.0 Å². The Morgan fingerprint density at radius 2 is 2.10 bits per heavy atom. The maximum absolute atomic E-state index is 12.4. The Morgan fingerprint density at radius 3 is 2.70 bits per heavy atom. The van der Waals surface area contributed by atoms with Gasteiger partial charge in [-0.15, -0.1) is 0 Å². The monoisotopic (exact) mass is 345 g/mol. The van der Waals surface area contributed by atoms with Gasteiger partial charge in [-0.1, -0.05) is 15.9 Å². The Hall–Kier alpha value is -0.680. The molecule has 2 aliphatic carbocycles. The van der Waals surface area contributed by atoms with Gasteiger partial charge in [0.15, 0.2) is 0 Å². The molecule has 0 aromatic heterocycles. The summed E-state index contributed by atoms with van der Waals surface area (Å²) in [5.41, 5.74) is 1.28. The molecule has 1 aromatic rings. The number of ether oxygens (including phenoxy) is 1. The molecule has 110 valence electrons. The summed E-state index contributed by atoms with van der Waals surface area (Å²) in [6, 6.07) is 5.14. The summed E-state index contributed by atoms with van der Waals surface area (Å²) in [6.45, 7) is -1.23. The first-order valence-corrected chi connectivity index (χ1v) is 7.82. The molecule has 20 heavy (non-hydrogen) atoms. The van der Waals surface area contributed by atoms with Gasteiger partial charge in [0.1, 0.15) is 5.75 Å². The largest absolute Gasteiger partial charge is 0.434 e. The number of hydrogen-bond acceptors (Lipinski definition) is 2. The van der Waals surface area contributed by atoms with Gasteiger partial charge < -0.3 is 10.1 Å². The normalized spacial score (nSPS) is 20.2. The van der Waals surface area contributed by atoms with Crippen molar-refractivity contribution in [3.63, 3.8) is 0 Å². The summed E-state index contributed by atoms with van der Waals surface area (Å²) >= 11 is 3.37. The molecule has 0 radical (unpaired) electrons. The SMILES string of the molecule is FC(F)Oc1ccc(Br)cc1CNCC1(C2CC2)CC1. The first-order valence-electron chi connectivity index (χ1n) is 7.03. The molecule has 0 atom stereocenters. The van der Waals surface area contributed by atoms with E-state index in [-0.39, 0.29) is 5.75 Å². The van der Waals surface area contributed by atoms with Crippen molar-refractivity contribution in [3.05, 3.63) is 28.2 Å². The maximum atomic E-state index is 12.4. The zero-order valence-corrected chi connectivity index (χ0v) is 12.8. The summed E-state index contributed by atoms with van der Waals surface area (Å²) in [5, 5.41) is 3.42. The highest BCUT2D eigenvalue weighted by atomic mass is 79.9. The Balaban J connectivity index is 1.59. The maximum Gasteiger partial charge on any atom is 0.387 e. The van der Waals surface area contributed by atoms with Gasteiger partial charge in [-0.2, -0.15) is 8.78 Å². The molecule has 3 rings (SSSR count). The fourth-order valence-electron chi connectivity index (χ4n) is 2.93. The van der Waals surface area contributed by atoms with Gasteiger partial charge in [-0.05, 0) is 55.2 Å². The number of rotatable bonds is 7. The van der Waals surface area contributed by atoms with Crippen LogP contribution >= 0.6 is 15.9 Å². The Morgan fingerprint density at radius 1 is 1.35 bits per heavy atom. The van der Waals surface area contributed by atoms with E-state index in [1.165, 1.54) is 25.7 Å². The third kappa shape index (κ3) is 3.31. The first-order chi connectivity index (χ1) is 9.59. The van der Waals surface area contributed by atoms with Gasteiger partial charge in [-0.3, -0.25) is 0 Å². The lowest BCUT2D eigenvalue weighted by Gasteiger charge is -2.16. The Kier molecular flexibility index (Phi) is 4.00. The van der Waals surface area contributed by atoms with Crippen LogP contribution in [0, 0.1) is 11.3 Å². The van der Waals surface area contributed by atoms with Crippen LogP contribution in [0.4, 0.5) is 8.78 Å². The second-order valence-corrected chi connectivity index (χ2v) is 6.79. The van der Waals surface area contributed by atoms with E-state index in [9.17, 15) is 8.78 Å². The van der Waals surface area contributed by atoms with E-state index >= 15 is 0 Å². The van der Waals surface area contributed by atoms with Crippen LogP contribution in [0.3, 0.4) is 0 Å². The van der Waals surface area contributed by atoms with Crippen molar-refractivity contribution in [1.82, 2.24) is 5.32 Å². The summed E-state index contributed by atoms with van der Waals surface area (Å²) in [4.78, 5) is 0. The van der Waals surface area contributed by atoms with Crippen LogP contribution < -0.4 is 10.1 Å². The molecule has 0 unspecified atom stereocenters. The standard InChI is InChI=1S/C15H18BrF2NO/c16-12-3-4-13(20-14(17)18)10(7-12)8-19-9-15(5-6-15)11-1-2-11/h3-4,7,11,14,19H,1-2,5-6,8-9H2. The highest BCUT2D eigenvalue weighted by Crippen LogP contribution is 2.60. The van der Waals surface area contributed by atoms with Crippen molar-refractivity contribution in [1.29, 1.82) is 0 Å². The number of hydrogen-bond donors (Lipinski definition) is 1. The Labute approximate surface area is 126 Å². The highest BCUT2D eigenvalue weighted by Gasteiger charge is 2.53. The molecule has 2 fully saturated rings. The lowest BCUT2D eigenvalue weighted by atomic mass is 10.0. The quantitative estimate of drug-likeness (QED) is 0.794. The first kappa shape index (κ1) is 14.3. The van der Waals surface area contributed by atoms with Crippen LogP contribution in [-0.4, -0.2) is 13.2 Å². The van der Waals surface area contributed by atoms with Gasteiger partial charge in [0, 0.05) is 23.1 Å². The van der Waals surface area contributed by atoms with E-state index in [4.69, 9.17) is 0 Å².